The number of anilines is 1. The number of hydrogen-bond acceptors (Lipinski definition) is 3. The molecule has 2 aliphatic rings. The van der Waals surface area contributed by atoms with Gasteiger partial charge in [-0.1, -0.05) is 19.1 Å². The van der Waals surface area contributed by atoms with Crippen LogP contribution in [0.2, 0.25) is 0 Å². The van der Waals surface area contributed by atoms with E-state index >= 15 is 0 Å². The summed E-state index contributed by atoms with van der Waals surface area (Å²) in [5.41, 5.74) is 3.00. The van der Waals surface area contributed by atoms with E-state index in [0.717, 1.165) is 18.9 Å². The van der Waals surface area contributed by atoms with Crippen molar-refractivity contribution in [2.24, 2.45) is 5.41 Å². The van der Waals surface area contributed by atoms with Crippen LogP contribution in [0.15, 0.2) is 18.2 Å². The fraction of sp³-hybridized carbons (Fsp3) is 0.600. The van der Waals surface area contributed by atoms with Crippen LogP contribution < -0.4 is 10.1 Å². The molecule has 1 unspecified atom stereocenters. The minimum absolute atomic E-state index is 0.363. The zero-order valence-electron chi connectivity index (χ0n) is 11.0. The average Bonchev–Trinajstić information content (AvgIpc) is 2.84. The molecule has 1 fully saturated rings. The lowest BCUT2D eigenvalue weighted by molar-refractivity contribution is 0.187. The second-order valence-corrected chi connectivity index (χ2v) is 6.83. The van der Waals surface area contributed by atoms with Gasteiger partial charge in [0.2, 0.25) is 0 Å². The number of aryl methyl sites for hydroxylation is 1. The second-order valence-electron chi connectivity index (χ2n) is 5.72. The summed E-state index contributed by atoms with van der Waals surface area (Å²) in [6.45, 7) is 4.26. The first-order valence-corrected chi connectivity index (χ1v) is 7.99. The van der Waals surface area contributed by atoms with Crippen LogP contribution in [0.5, 0.6) is 5.75 Å². The predicted octanol–water partition coefficient (Wildman–Crippen LogP) is 3.57. The van der Waals surface area contributed by atoms with E-state index in [1.54, 1.807) is 0 Å². The molecule has 0 spiro atoms. The summed E-state index contributed by atoms with van der Waals surface area (Å²) < 4.78 is 6.12. The Balaban J connectivity index is 1.72. The van der Waals surface area contributed by atoms with E-state index < -0.39 is 0 Å². The molecule has 2 aliphatic heterocycles. The number of benzene rings is 1. The molecule has 3 rings (SSSR count). The fourth-order valence-electron chi connectivity index (χ4n) is 2.67. The molecule has 1 N–H and O–H groups in total. The number of fused-ring (bicyclic) bond motifs is 1. The highest BCUT2D eigenvalue weighted by molar-refractivity contribution is 7.99. The van der Waals surface area contributed by atoms with Crippen LogP contribution in [0.4, 0.5) is 5.69 Å². The van der Waals surface area contributed by atoms with E-state index in [1.807, 2.05) is 11.8 Å². The first-order chi connectivity index (χ1) is 8.77. The number of ether oxygens (including phenoxy) is 1. The normalized spacial score (nSPS) is 26.5. The Morgan fingerprint density at radius 2 is 2.39 bits per heavy atom. The summed E-state index contributed by atoms with van der Waals surface area (Å²) in [6.07, 6.45) is 3.68. The van der Waals surface area contributed by atoms with Gasteiger partial charge in [0.15, 0.2) is 0 Å². The Morgan fingerprint density at radius 1 is 1.44 bits per heavy atom. The third-order valence-electron chi connectivity index (χ3n) is 3.91. The van der Waals surface area contributed by atoms with Crippen LogP contribution in [0, 0.1) is 5.41 Å². The standard InChI is InChI=1S/C15H21NOS/c1-15(7-9-18-11-15)10-17-13-6-2-4-12-5-3-8-16-14(12)13/h2,4,6,16H,3,5,7-11H2,1H3. The van der Waals surface area contributed by atoms with Gasteiger partial charge in [0.05, 0.1) is 12.3 Å². The molecule has 1 aromatic carbocycles. The highest BCUT2D eigenvalue weighted by Gasteiger charge is 2.30. The van der Waals surface area contributed by atoms with E-state index in [0.29, 0.717) is 5.41 Å². The van der Waals surface area contributed by atoms with Gasteiger partial charge in [-0.2, -0.15) is 11.8 Å². The zero-order valence-corrected chi connectivity index (χ0v) is 11.8. The lowest BCUT2D eigenvalue weighted by Gasteiger charge is -2.26. The topological polar surface area (TPSA) is 21.3 Å². The van der Waals surface area contributed by atoms with Crippen molar-refractivity contribution in [2.75, 3.05) is 30.0 Å². The molecule has 18 heavy (non-hydrogen) atoms. The van der Waals surface area contributed by atoms with E-state index in [2.05, 4.69) is 30.4 Å². The first-order valence-electron chi connectivity index (χ1n) is 6.83. The molecule has 2 heterocycles. The van der Waals surface area contributed by atoms with Gasteiger partial charge < -0.3 is 10.1 Å². The summed E-state index contributed by atoms with van der Waals surface area (Å²) in [7, 11) is 0. The van der Waals surface area contributed by atoms with Crippen LogP contribution in [-0.4, -0.2) is 24.7 Å². The zero-order chi connectivity index (χ0) is 12.4. The van der Waals surface area contributed by atoms with Crippen molar-refractivity contribution >= 4 is 17.4 Å². The highest BCUT2D eigenvalue weighted by atomic mass is 32.2. The lowest BCUT2D eigenvalue weighted by Crippen LogP contribution is -2.25. The molecule has 0 aliphatic carbocycles. The first kappa shape index (κ1) is 12.2. The van der Waals surface area contributed by atoms with Crippen LogP contribution in [0.25, 0.3) is 0 Å². The smallest absolute Gasteiger partial charge is 0.142 e. The van der Waals surface area contributed by atoms with Crippen LogP contribution >= 0.6 is 11.8 Å². The van der Waals surface area contributed by atoms with Gasteiger partial charge in [0.1, 0.15) is 5.75 Å². The van der Waals surface area contributed by atoms with Crippen LogP contribution in [0.3, 0.4) is 0 Å². The van der Waals surface area contributed by atoms with Gasteiger partial charge in [0, 0.05) is 17.7 Å². The monoisotopic (exact) mass is 263 g/mol. The molecular weight excluding hydrogens is 242 g/mol. The molecule has 2 nitrogen and oxygen atoms in total. The molecule has 0 bridgehead atoms. The maximum absolute atomic E-state index is 6.12. The van der Waals surface area contributed by atoms with Crippen molar-refractivity contribution in [3.63, 3.8) is 0 Å². The Hall–Kier alpha value is -0.830. The van der Waals surface area contributed by atoms with Gasteiger partial charge in [-0.05, 0) is 36.6 Å². The van der Waals surface area contributed by atoms with E-state index in [9.17, 15) is 0 Å². The summed E-state index contributed by atoms with van der Waals surface area (Å²) in [4.78, 5) is 0. The molecule has 1 atom stereocenters. The Kier molecular flexibility index (Phi) is 3.42. The number of nitrogens with one attached hydrogen (secondary N) is 1. The Labute approximate surface area is 113 Å². The van der Waals surface area contributed by atoms with Crippen molar-refractivity contribution in [1.82, 2.24) is 0 Å². The molecule has 1 aromatic rings. The third-order valence-corrected chi connectivity index (χ3v) is 5.31. The Morgan fingerprint density at radius 3 is 3.22 bits per heavy atom. The highest BCUT2D eigenvalue weighted by Crippen LogP contribution is 2.38. The minimum atomic E-state index is 0.363. The van der Waals surface area contributed by atoms with Crippen molar-refractivity contribution in [3.8, 4) is 5.75 Å². The van der Waals surface area contributed by atoms with Gasteiger partial charge >= 0.3 is 0 Å². The molecule has 0 amide bonds. The van der Waals surface area contributed by atoms with E-state index in [4.69, 9.17) is 4.74 Å². The molecular formula is C15H21NOS. The molecule has 0 aromatic heterocycles. The van der Waals surface area contributed by atoms with E-state index in [1.165, 1.54) is 42.0 Å². The van der Waals surface area contributed by atoms with Gasteiger partial charge in [-0.3, -0.25) is 0 Å². The van der Waals surface area contributed by atoms with Crippen molar-refractivity contribution < 1.29 is 4.74 Å². The summed E-state index contributed by atoms with van der Waals surface area (Å²) in [6, 6.07) is 6.43. The number of rotatable bonds is 3. The van der Waals surface area contributed by atoms with Crippen LogP contribution in [0.1, 0.15) is 25.3 Å². The van der Waals surface area contributed by atoms with Crippen LogP contribution in [-0.2, 0) is 6.42 Å². The molecule has 3 heteroatoms. The van der Waals surface area contributed by atoms with Crippen molar-refractivity contribution in [3.05, 3.63) is 23.8 Å². The number of thioether (sulfide) groups is 1. The maximum Gasteiger partial charge on any atom is 0.142 e. The lowest BCUT2D eigenvalue weighted by atomic mass is 9.91. The summed E-state index contributed by atoms with van der Waals surface area (Å²) in [5.74, 6) is 3.56. The Bertz CT molecular complexity index is 427. The number of hydrogen-bond donors (Lipinski definition) is 1. The predicted molar refractivity (Wildman–Crippen MR) is 78.8 cm³/mol. The third kappa shape index (κ3) is 2.46. The minimum Gasteiger partial charge on any atom is -0.491 e. The largest absolute Gasteiger partial charge is 0.491 e. The van der Waals surface area contributed by atoms with Crippen molar-refractivity contribution in [2.45, 2.75) is 26.2 Å². The molecule has 0 saturated carbocycles. The quantitative estimate of drug-likeness (QED) is 0.901. The van der Waals surface area contributed by atoms with E-state index in [-0.39, 0.29) is 0 Å². The van der Waals surface area contributed by atoms with Gasteiger partial charge in [0.25, 0.3) is 0 Å². The fourth-order valence-corrected chi connectivity index (χ4v) is 4.18. The molecule has 0 radical (unpaired) electrons. The number of para-hydroxylation sites is 1. The molecule has 1 saturated heterocycles. The van der Waals surface area contributed by atoms with Crippen molar-refractivity contribution in [1.29, 1.82) is 0 Å². The summed E-state index contributed by atoms with van der Waals surface area (Å²) in [5, 5.41) is 3.49. The van der Waals surface area contributed by atoms with Gasteiger partial charge in [-0.25, -0.2) is 0 Å². The SMILES string of the molecule is CC1(COc2cccc3c2NCCC3)CCSC1. The summed E-state index contributed by atoms with van der Waals surface area (Å²) >= 11 is 2.05. The second kappa shape index (κ2) is 5.04. The molecule has 98 valence electrons. The maximum atomic E-state index is 6.12. The average molecular weight is 263 g/mol. The van der Waals surface area contributed by atoms with Gasteiger partial charge in [-0.15, -0.1) is 0 Å².